The summed E-state index contributed by atoms with van der Waals surface area (Å²) in [5.41, 5.74) is 5.63. The van der Waals surface area contributed by atoms with Crippen LogP contribution in [0, 0.1) is 25.2 Å². The molecule has 3 saturated carbocycles. The van der Waals surface area contributed by atoms with E-state index < -0.39 is 10.0 Å². The van der Waals surface area contributed by atoms with E-state index in [1.165, 1.54) is 12.1 Å². The molecule has 3 aromatic heterocycles. The summed E-state index contributed by atoms with van der Waals surface area (Å²) in [5.74, 6) is 1.05. The normalized spacial score (nSPS) is 22.5. The summed E-state index contributed by atoms with van der Waals surface area (Å²) in [6.07, 6.45) is 5.98. The first-order valence-electron chi connectivity index (χ1n) is 17.5. The first-order chi connectivity index (χ1) is 24.2. The number of benzene rings is 2. The van der Waals surface area contributed by atoms with Gasteiger partial charge in [0.05, 0.1) is 23.2 Å². The number of nitrogens with one attached hydrogen (secondary N) is 1. The average molecular weight is 706 g/mol. The zero-order valence-corrected chi connectivity index (χ0v) is 30.7. The van der Waals surface area contributed by atoms with Gasteiger partial charge in [0.15, 0.2) is 0 Å². The molecule has 3 aliphatic carbocycles. The van der Waals surface area contributed by atoms with Crippen LogP contribution in [0.2, 0.25) is 0 Å². The van der Waals surface area contributed by atoms with Crippen LogP contribution in [0.1, 0.15) is 79.5 Å². The van der Waals surface area contributed by atoms with Gasteiger partial charge in [-0.25, -0.2) is 28.1 Å². The van der Waals surface area contributed by atoms with Gasteiger partial charge in [0.2, 0.25) is 11.8 Å². The van der Waals surface area contributed by atoms with E-state index in [-0.39, 0.29) is 58.2 Å². The van der Waals surface area contributed by atoms with Gasteiger partial charge in [-0.15, -0.1) is 0 Å². The molecule has 0 spiro atoms. The van der Waals surface area contributed by atoms with Crippen molar-refractivity contribution in [1.82, 2.24) is 29.4 Å². The largest absolute Gasteiger partial charge is 0.475 e. The van der Waals surface area contributed by atoms with Crippen LogP contribution in [0.15, 0.2) is 65.7 Å². The van der Waals surface area contributed by atoms with Crippen molar-refractivity contribution in [3.8, 4) is 17.1 Å². The Labute approximate surface area is 298 Å². The van der Waals surface area contributed by atoms with Gasteiger partial charge in [0.1, 0.15) is 18.1 Å². The molecule has 9 rings (SSSR count). The minimum absolute atomic E-state index is 0.0664. The van der Waals surface area contributed by atoms with Crippen LogP contribution < -0.4 is 9.46 Å². The molecule has 1 aliphatic heterocycles. The third kappa shape index (κ3) is 6.03. The average Bonchev–Trinajstić information content (AvgIpc) is 3.38. The molecule has 6 bridgehead atoms. The third-order valence-corrected chi connectivity index (χ3v) is 12.2. The van der Waals surface area contributed by atoms with Crippen molar-refractivity contribution in [2.45, 2.75) is 83.2 Å². The molecular weight excluding hydrogens is 663 g/mol. The summed E-state index contributed by atoms with van der Waals surface area (Å²) in [7, 11) is -2.17. The lowest BCUT2D eigenvalue weighted by Crippen LogP contribution is -2.56. The third-order valence-electron chi connectivity index (χ3n) is 10.9. The van der Waals surface area contributed by atoms with E-state index in [4.69, 9.17) is 14.7 Å². The molecule has 11 nitrogen and oxygen atoms in total. The SMILES string of the molecule is Cc1cccc(C)c1-c1cc2nc(n1)NS(=O)(=O)c1cccc(c1)C(=O)N(Cc1ncc3cc(C(C)(C)C)n(C)c3n1)[C@H](CC13CC(C1)C3)CO2. The van der Waals surface area contributed by atoms with Gasteiger partial charge >= 0.3 is 0 Å². The lowest BCUT2D eigenvalue weighted by Gasteiger charge is -2.63. The molecule has 0 unspecified atom stereocenters. The van der Waals surface area contributed by atoms with E-state index in [0.29, 0.717) is 11.5 Å². The monoisotopic (exact) mass is 705 g/mol. The van der Waals surface area contributed by atoms with Gasteiger partial charge in [0, 0.05) is 46.9 Å². The highest BCUT2D eigenvalue weighted by molar-refractivity contribution is 7.92. The van der Waals surface area contributed by atoms with E-state index >= 15 is 0 Å². The molecule has 5 aromatic rings. The molecule has 51 heavy (non-hydrogen) atoms. The number of rotatable bonds is 5. The number of hydrogen-bond acceptors (Lipinski definition) is 8. The van der Waals surface area contributed by atoms with Crippen LogP contribution in [0.3, 0.4) is 0 Å². The Hall–Kier alpha value is -4.84. The van der Waals surface area contributed by atoms with E-state index in [9.17, 15) is 13.2 Å². The van der Waals surface area contributed by atoms with Gasteiger partial charge < -0.3 is 14.2 Å². The quantitative estimate of drug-likeness (QED) is 0.213. The van der Waals surface area contributed by atoms with Crippen LogP contribution in [-0.4, -0.2) is 56.4 Å². The predicted octanol–water partition coefficient (Wildman–Crippen LogP) is 6.73. The summed E-state index contributed by atoms with van der Waals surface area (Å²) < 4.78 is 38.7. The topological polar surface area (TPSA) is 132 Å². The minimum Gasteiger partial charge on any atom is -0.475 e. The minimum atomic E-state index is -4.18. The number of ether oxygens (including phenoxy) is 1. The molecule has 0 saturated heterocycles. The van der Waals surface area contributed by atoms with E-state index in [0.717, 1.165) is 65.0 Å². The molecule has 264 valence electrons. The Bertz CT molecular complexity index is 2290. The standard InChI is InChI=1S/C39H43N7O4S/c1-23-9-7-10-24(2)34(23)30-15-33-43-37(41-30)44-51(48,49)29-12-8-11-26(13-29)36(47)46(28(22-50-33)19-39-16-25(17-39)18-39)21-32-40-20-27-14-31(38(3,4)5)45(6)35(27)42-32/h7-15,20,25,28H,16-19,21-22H2,1-6H3,(H,41,43,44)/t25?,28-,39?/m1/s1. The number of nitrogens with zero attached hydrogens (tertiary/aromatic N) is 6. The van der Waals surface area contributed by atoms with Crippen molar-refractivity contribution in [2.24, 2.45) is 18.4 Å². The zero-order chi connectivity index (χ0) is 35.9. The Kier molecular flexibility index (Phi) is 7.75. The van der Waals surface area contributed by atoms with E-state index in [2.05, 4.69) is 46.1 Å². The summed E-state index contributed by atoms with van der Waals surface area (Å²) in [4.78, 5) is 35.3. The van der Waals surface area contributed by atoms with Crippen molar-refractivity contribution in [2.75, 3.05) is 11.3 Å². The highest BCUT2D eigenvalue weighted by atomic mass is 32.2. The van der Waals surface area contributed by atoms with Gasteiger partial charge in [0.25, 0.3) is 15.9 Å². The van der Waals surface area contributed by atoms with Crippen LogP contribution in [-0.2, 0) is 29.0 Å². The molecule has 4 heterocycles. The van der Waals surface area contributed by atoms with Crippen molar-refractivity contribution in [1.29, 1.82) is 0 Å². The van der Waals surface area contributed by atoms with E-state index in [1.807, 2.05) is 45.3 Å². The molecule has 1 atom stereocenters. The number of carbonyl (C=O) groups excluding carboxylic acids is 1. The second-order valence-corrected chi connectivity index (χ2v) is 17.5. The second kappa shape index (κ2) is 11.9. The summed E-state index contributed by atoms with van der Waals surface area (Å²) in [6.45, 7) is 10.7. The number of fused-ring (bicyclic) bond motifs is 5. The molecule has 1 amide bonds. The summed E-state index contributed by atoms with van der Waals surface area (Å²) in [5, 5.41) is 0.931. The fraction of sp³-hybridized carbons (Fsp3) is 0.410. The molecule has 4 aliphatic rings. The number of aromatic nitrogens is 5. The molecule has 12 heteroatoms. The van der Waals surface area contributed by atoms with Gasteiger partial charge in [-0.05, 0) is 86.3 Å². The van der Waals surface area contributed by atoms with Crippen LogP contribution in [0.25, 0.3) is 22.3 Å². The van der Waals surface area contributed by atoms with Gasteiger partial charge in [-0.2, -0.15) is 4.98 Å². The molecule has 3 fully saturated rings. The number of aryl methyl sites for hydroxylation is 3. The number of carbonyl (C=O) groups is 1. The maximum absolute atomic E-state index is 14.7. The molecule has 1 N–H and O–H groups in total. The number of sulfonamides is 1. The van der Waals surface area contributed by atoms with Crippen LogP contribution >= 0.6 is 0 Å². The fourth-order valence-corrected chi connectivity index (χ4v) is 9.33. The predicted molar refractivity (Wildman–Crippen MR) is 195 cm³/mol. The Balaban J connectivity index is 1.25. The molecule has 2 aromatic carbocycles. The number of hydrogen-bond donors (Lipinski definition) is 1. The molecular formula is C39H43N7O4S. The first kappa shape index (κ1) is 33.3. The van der Waals surface area contributed by atoms with Crippen LogP contribution in [0.4, 0.5) is 5.95 Å². The Morgan fingerprint density at radius 1 is 0.980 bits per heavy atom. The maximum atomic E-state index is 14.7. The molecule has 0 radical (unpaired) electrons. The maximum Gasteiger partial charge on any atom is 0.264 e. The van der Waals surface area contributed by atoms with E-state index in [1.54, 1.807) is 23.1 Å². The number of amides is 1. The van der Waals surface area contributed by atoms with Gasteiger partial charge in [-0.3, -0.25) is 4.79 Å². The summed E-state index contributed by atoms with van der Waals surface area (Å²) in [6, 6.07) is 15.6. The van der Waals surface area contributed by atoms with Crippen molar-refractivity contribution >= 4 is 32.9 Å². The van der Waals surface area contributed by atoms with Gasteiger partial charge in [-0.1, -0.05) is 45.0 Å². The van der Waals surface area contributed by atoms with Crippen molar-refractivity contribution in [3.63, 3.8) is 0 Å². The first-order valence-corrected chi connectivity index (χ1v) is 19.0. The Morgan fingerprint density at radius 2 is 1.71 bits per heavy atom. The second-order valence-electron chi connectivity index (χ2n) is 15.8. The van der Waals surface area contributed by atoms with Crippen molar-refractivity contribution in [3.05, 3.63) is 89.0 Å². The highest BCUT2D eigenvalue weighted by Gasteiger charge is 2.57. The zero-order valence-electron chi connectivity index (χ0n) is 29.9. The fourth-order valence-electron chi connectivity index (χ4n) is 8.34. The smallest absolute Gasteiger partial charge is 0.264 e. The summed E-state index contributed by atoms with van der Waals surface area (Å²) >= 11 is 0. The lowest BCUT2D eigenvalue weighted by atomic mass is 9.43. The highest BCUT2D eigenvalue weighted by Crippen LogP contribution is 2.66. The van der Waals surface area contributed by atoms with Crippen LogP contribution in [0.5, 0.6) is 5.88 Å². The Morgan fingerprint density at radius 3 is 2.39 bits per heavy atom. The number of anilines is 1. The lowest BCUT2D eigenvalue weighted by molar-refractivity contribution is -0.127. The van der Waals surface area contributed by atoms with Crippen molar-refractivity contribution < 1.29 is 17.9 Å².